The van der Waals surface area contributed by atoms with Crippen molar-refractivity contribution in [2.24, 2.45) is 5.92 Å². The first-order valence-corrected chi connectivity index (χ1v) is 5.88. The van der Waals surface area contributed by atoms with Crippen LogP contribution in [-0.2, 0) is 4.79 Å². The fourth-order valence-electron chi connectivity index (χ4n) is 2.38. The summed E-state index contributed by atoms with van der Waals surface area (Å²) < 4.78 is 13.0. The second-order valence-corrected chi connectivity index (χ2v) is 4.59. The van der Waals surface area contributed by atoms with E-state index in [1.54, 1.807) is 4.90 Å². The Kier molecular flexibility index (Phi) is 3.64. The summed E-state index contributed by atoms with van der Waals surface area (Å²) in [4.78, 5) is 22.7. The highest BCUT2D eigenvalue weighted by Gasteiger charge is 2.29. The van der Waals surface area contributed by atoms with Crippen LogP contribution in [0.15, 0.2) is 18.2 Å². The molecule has 0 amide bonds. The number of carbonyl (C=O) groups is 1. The average Bonchev–Trinajstić information content (AvgIpc) is 2.76. The van der Waals surface area contributed by atoms with Crippen LogP contribution in [0.1, 0.15) is 12.8 Å². The number of halogens is 1. The molecule has 1 atom stereocenters. The SMILES string of the molecule is O=C(O)CC1CCN(c2ccc(F)cc2[N+](=O)[O-])C1. The lowest BCUT2D eigenvalue weighted by Crippen LogP contribution is -2.21. The van der Waals surface area contributed by atoms with Crippen LogP contribution < -0.4 is 4.90 Å². The fraction of sp³-hybridized carbons (Fsp3) is 0.417. The van der Waals surface area contributed by atoms with Crippen molar-refractivity contribution in [3.05, 3.63) is 34.1 Å². The molecule has 2 rings (SSSR count). The van der Waals surface area contributed by atoms with Crippen molar-refractivity contribution >= 4 is 17.3 Å². The Bertz CT molecular complexity index is 520. The number of nitrogens with zero attached hydrogens (tertiary/aromatic N) is 2. The highest BCUT2D eigenvalue weighted by Crippen LogP contribution is 2.33. The summed E-state index contributed by atoms with van der Waals surface area (Å²) in [6, 6.07) is 3.43. The molecule has 0 spiro atoms. The van der Waals surface area contributed by atoms with E-state index in [2.05, 4.69) is 0 Å². The number of nitro benzene ring substituents is 1. The van der Waals surface area contributed by atoms with Crippen LogP contribution in [0.5, 0.6) is 0 Å². The van der Waals surface area contributed by atoms with Crippen molar-refractivity contribution in [1.29, 1.82) is 0 Å². The Morgan fingerprint density at radius 2 is 2.32 bits per heavy atom. The Balaban J connectivity index is 2.19. The van der Waals surface area contributed by atoms with E-state index in [1.165, 1.54) is 12.1 Å². The number of hydrogen-bond acceptors (Lipinski definition) is 4. The molecule has 0 saturated carbocycles. The first kappa shape index (κ1) is 13.3. The van der Waals surface area contributed by atoms with Crippen molar-refractivity contribution in [3.8, 4) is 0 Å². The lowest BCUT2D eigenvalue weighted by molar-refractivity contribution is -0.384. The molecule has 1 aliphatic rings. The van der Waals surface area contributed by atoms with Gasteiger partial charge in [-0.1, -0.05) is 0 Å². The molecule has 1 unspecified atom stereocenters. The minimum atomic E-state index is -0.875. The number of rotatable bonds is 4. The van der Waals surface area contributed by atoms with Gasteiger partial charge in [0, 0.05) is 19.5 Å². The van der Waals surface area contributed by atoms with E-state index >= 15 is 0 Å². The molecule has 19 heavy (non-hydrogen) atoms. The van der Waals surface area contributed by atoms with E-state index in [9.17, 15) is 19.3 Å². The third kappa shape index (κ3) is 2.98. The molecule has 1 aliphatic heterocycles. The number of carboxylic acid groups (broad SMARTS) is 1. The highest BCUT2D eigenvalue weighted by atomic mass is 19.1. The van der Waals surface area contributed by atoms with Gasteiger partial charge < -0.3 is 10.0 Å². The van der Waals surface area contributed by atoms with Crippen LogP contribution in [0.25, 0.3) is 0 Å². The van der Waals surface area contributed by atoms with Gasteiger partial charge in [-0.15, -0.1) is 0 Å². The molecule has 1 fully saturated rings. The van der Waals surface area contributed by atoms with Crippen LogP contribution in [0.3, 0.4) is 0 Å². The van der Waals surface area contributed by atoms with E-state index in [1.807, 2.05) is 0 Å². The third-order valence-corrected chi connectivity index (χ3v) is 3.22. The molecule has 0 radical (unpaired) electrons. The largest absolute Gasteiger partial charge is 0.481 e. The van der Waals surface area contributed by atoms with E-state index in [4.69, 9.17) is 5.11 Å². The second kappa shape index (κ2) is 5.21. The maximum Gasteiger partial charge on any atom is 0.303 e. The quantitative estimate of drug-likeness (QED) is 0.667. The van der Waals surface area contributed by atoms with Crippen LogP contribution in [0.4, 0.5) is 15.8 Å². The molecule has 0 bridgehead atoms. The van der Waals surface area contributed by atoms with Gasteiger partial charge in [0.1, 0.15) is 11.5 Å². The Labute approximate surface area is 108 Å². The van der Waals surface area contributed by atoms with Crippen molar-refractivity contribution in [2.45, 2.75) is 12.8 Å². The second-order valence-electron chi connectivity index (χ2n) is 4.59. The summed E-state index contributed by atoms with van der Waals surface area (Å²) in [7, 11) is 0. The highest BCUT2D eigenvalue weighted by molar-refractivity contribution is 5.68. The van der Waals surface area contributed by atoms with Gasteiger partial charge in [0.2, 0.25) is 0 Å². The zero-order valence-electron chi connectivity index (χ0n) is 10.1. The maximum atomic E-state index is 13.0. The predicted molar refractivity (Wildman–Crippen MR) is 65.6 cm³/mol. The smallest absolute Gasteiger partial charge is 0.303 e. The van der Waals surface area contributed by atoms with Crippen molar-refractivity contribution in [1.82, 2.24) is 0 Å². The summed E-state index contributed by atoms with van der Waals surface area (Å²) in [6.07, 6.45) is 0.715. The van der Waals surface area contributed by atoms with E-state index < -0.39 is 16.7 Å². The molecule has 1 aromatic rings. The molecule has 0 aliphatic carbocycles. The molecule has 7 heteroatoms. The average molecular weight is 268 g/mol. The lowest BCUT2D eigenvalue weighted by Gasteiger charge is -2.18. The fourth-order valence-corrected chi connectivity index (χ4v) is 2.38. The molecule has 1 N–H and O–H groups in total. The van der Waals surface area contributed by atoms with Gasteiger partial charge in [-0.05, 0) is 24.5 Å². The predicted octanol–water partition coefficient (Wildman–Crippen LogP) is 2.03. The van der Waals surface area contributed by atoms with Gasteiger partial charge in [0.15, 0.2) is 0 Å². The number of benzene rings is 1. The summed E-state index contributed by atoms with van der Waals surface area (Å²) in [5.74, 6) is -1.56. The number of anilines is 1. The van der Waals surface area contributed by atoms with Gasteiger partial charge >= 0.3 is 5.97 Å². The van der Waals surface area contributed by atoms with Crippen LogP contribution in [0.2, 0.25) is 0 Å². The molecule has 102 valence electrons. The van der Waals surface area contributed by atoms with Gasteiger partial charge in [0.05, 0.1) is 11.0 Å². The molecular weight excluding hydrogens is 255 g/mol. The van der Waals surface area contributed by atoms with Gasteiger partial charge in [0.25, 0.3) is 5.69 Å². The number of aliphatic carboxylic acids is 1. The number of hydrogen-bond donors (Lipinski definition) is 1. The zero-order chi connectivity index (χ0) is 14.0. The molecule has 1 aromatic carbocycles. The van der Waals surface area contributed by atoms with E-state index in [0.717, 1.165) is 6.07 Å². The van der Waals surface area contributed by atoms with Gasteiger partial charge in [-0.2, -0.15) is 0 Å². The van der Waals surface area contributed by atoms with Crippen molar-refractivity contribution in [2.75, 3.05) is 18.0 Å². The van der Waals surface area contributed by atoms with Crippen LogP contribution in [-0.4, -0.2) is 29.1 Å². The maximum absolute atomic E-state index is 13.0. The van der Waals surface area contributed by atoms with E-state index in [-0.39, 0.29) is 18.0 Å². The first-order chi connectivity index (χ1) is 8.97. The van der Waals surface area contributed by atoms with Gasteiger partial charge in [-0.25, -0.2) is 4.39 Å². The number of carboxylic acids is 1. The normalized spacial score (nSPS) is 18.6. The van der Waals surface area contributed by atoms with Crippen LogP contribution >= 0.6 is 0 Å². The van der Waals surface area contributed by atoms with Gasteiger partial charge in [-0.3, -0.25) is 14.9 Å². The van der Waals surface area contributed by atoms with Crippen molar-refractivity contribution in [3.63, 3.8) is 0 Å². The van der Waals surface area contributed by atoms with E-state index in [0.29, 0.717) is 25.2 Å². The topological polar surface area (TPSA) is 83.7 Å². The standard InChI is InChI=1S/C12H13FN2O4/c13-9-1-2-10(11(6-9)15(18)19)14-4-3-8(7-14)5-12(16)17/h1-2,6,8H,3-5,7H2,(H,16,17). The summed E-state index contributed by atoms with van der Waals surface area (Å²) in [5, 5.41) is 19.6. The van der Waals surface area contributed by atoms with Crippen LogP contribution in [0, 0.1) is 21.8 Å². The monoisotopic (exact) mass is 268 g/mol. The molecule has 1 saturated heterocycles. The summed E-state index contributed by atoms with van der Waals surface area (Å²) in [5.41, 5.74) is 0.0651. The first-order valence-electron chi connectivity index (χ1n) is 5.88. The summed E-state index contributed by atoms with van der Waals surface area (Å²) in [6.45, 7) is 0.989. The Morgan fingerprint density at radius 3 is 2.95 bits per heavy atom. The zero-order valence-corrected chi connectivity index (χ0v) is 10.1. The summed E-state index contributed by atoms with van der Waals surface area (Å²) >= 11 is 0. The molecule has 0 aromatic heterocycles. The minimum Gasteiger partial charge on any atom is -0.481 e. The Morgan fingerprint density at radius 1 is 1.58 bits per heavy atom. The molecule has 1 heterocycles. The molecular formula is C12H13FN2O4. The Hall–Kier alpha value is -2.18. The molecule has 6 nitrogen and oxygen atoms in total. The minimum absolute atomic E-state index is 0.0258. The van der Waals surface area contributed by atoms with Crippen molar-refractivity contribution < 1.29 is 19.2 Å². The third-order valence-electron chi connectivity index (χ3n) is 3.22. The number of nitro groups is 1. The lowest BCUT2D eigenvalue weighted by atomic mass is 10.1.